The fraction of sp³-hybridized carbons (Fsp3) is 0.462. The molecule has 1 aromatic carbocycles. The minimum Gasteiger partial charge on any atom is -0.348 e. The van der Waals surface area contributed by atoms with Crippen molar-refractivity contribution in [2.75, 3.05) is 0 Å². The van der Waals surface area contributed by atoms with Crippen LogP contribution in [0.4, 0.5) is 5.69 Å². The Balaban J connectivity index is 2.18. The van der Waals surface area contributed by atoms with Crippen molar-refractivity contribution in [1.29, 1.82) is 0 Å². The second-order valence-electron chi connectivity index (χ2n) is 4.80. The number of hydrogen-bond donors (Lipinski definition) is 1. The minimum absolute atomic E-state index is 0.00605. The maximum absolute atomic E-state index is 12.2. The van der Waals surface area contributed by atoms with Crippen molar-refractivity contribution in [3.63, 3.8) is 0 Å². The average Bonchev–Trinajstić information content (AvgIpc) is 2.41. The van der Waals surface area contributed by atoms with Gasteiger partial charge in [-0.2, -0.15) is 0 Å². The van der Waals surface area contributed by atoms with E-state index in [4.69, 9.17) is 11.6 Å². The summed E-state index contributed by atoms with van der Waals surface area (Å²) in [7, 11) is 0. The number of alkyl halides is 1. The first-order valence-electron chi connectivity index (χ1n) is 6.38. The van der Waals surface area contributed by atoms with Gasteiger partial charge >= 0.3 is 0 Å². The van der Waals surface area contributed by atoms with Gasteiger partial charge in [-0.3, -0.25) is 14.9 Å². The van der Waals surface area contributed by atoms with Gasteiger partial charge in [-0.25, -0.2) is 0 Å². The second kappa shape index (κ2) is 6.54. The fourth-order valence-electron chi connectivity index (χ4n) is 2.34. The van der Waals surface area contributed by atoms with Crippen LogP contribution >= 0.6 is 27.5 Å². The van der Waals surface area contributed by atoms with Gasteiger partial charge in [0.2, 0.25) is 0 Å². The second-order valence-corrected chi connectivity index (χ2v) is 6.41. The molecule has 1 saturated carbocycles. The van der Waals surface area contributed by atoms with Gasteiger partial charge in [0.25, 0.3) is 11.6 Å². The van der Waals surface area contributed by atoms with E-state index in [1.54, 1.807) is 0 Å². The van der Waals surface area contributed by atoms with Crippen LogP contribution in [0.15, 0.2) is 18.2 Å². The van der Waals surface area contributed by atoms with Crippen molar-refractivity contribution in [3.05, 3.63) is 38.9 Å². The number of benzene rings is 1. The molecule has 2 atom stereocenters. The third kappa shape index (κ3) is 3.49. The topological polar surface area (TPSA) is 72.2 Å². The average molecular weight is 362 g/mol. The molecule has 2 rings (SSSR count). The molecule has 0 heterocycles. The zero-order valence-electron chi connectivity index (χ0n) is 10.6. The van der Waals surface area contributed by atoms with E-state index in [-0.39, 0.29) is 27.1 Å². The standard InChI is InChI=1S/C13H14BrClN2O3/c14-10-3-1-2-4-11(10)16-13(18)9-6-5-8(15)7-12(9)17(19)20/h5-7,10-11H,1-4H2,(H,16,18). The van der Waals surface area contributed by atoms with Gasteiger partial charge in [0, 0.05) is 22.0 Å². The molecule has 1 amide bonds. The zero-order chi connectivity index (χ0) is 14.7. The third-order valence-corrected chi connectivity index (χ3v) is 4.73. The molecule has 0 bridgehead atoms. The van der Waals surface area contributed by atoms with Crippen LogP contribution in [0.5, 0.6) is 0 Å². The molecule has 0 saturated heterocycles. The number of halogens is 2. The lowest BCUT2D eigenvalue weighted by Gasteiger charge is -2.28. The number of amides is 1. The normalized spacial score (nSPS) is 22.3. The van der Waals surface area contributed by atoms with Crippen LogP contribution in [0, 0.1) is 10.1 Å². The van der Waals surface area contributed by atoms with Crippen LogP contribution in [0.3, 0.4) is 0 Å². The highest BCUT2D eigenvalue weighted by Crippen LogP contribution is 2.27. The number of nitrogens with zero attached hydrogens (tertiary/aromatic N) is 1. The molecule has 108 valence electrons. The van der Waals surface area contributed by atoms with E-state index in [0.717, 1.165) is 25.7 Å². The van der Waals surface area contributed by atoms with Crippen LogP contribution in [-0.4, -0.2) is 21.7 Å². The summed E-state index contributed by atoms with van der Waals surface area (Å²) in [6.45, 7) is 0. The fourth-order valence-corrected chi connectivity index (χ4v) is 3.23. The van der Waals surface area contributed by atoms with Crippen molar-refractivity contribution < 1.29 is 9.72 Å². The third-order valence-electron chi connectivity index (χ3n) is 3.40. The van der Waals surface area contributed by atoms with Crippen molar-refractivity contribution in [3.8, 4) is 0 Å². The van der Waals surface area contributed by atoms with E-state index >= 15 is 0 Å². The summed E-state index contributed by atoms with van der Waals surface area (Å²) in [6, 6.07) is 4.08. The van der Waals surface area contributed by atoms with Gasteiger partial charge in [0.05, 0.1) is 4.92 Å². The summed E-state index contributed by atoms with van der Waals surface area (Å²) in [6.07, 6.45) is 4.05. The maximum atomic E-state index is 12.2. The number of nitro benzene ring substituents is 1. The highest BCUT2D eigenvalue weighted by molar-refractivity contribution is 9.09. The number of carbonyl (C=O) groups excluding carboxylic acids is 1. The molecule has 1 fully saturated rings. The van der Waals surface area contributed by atoms with Crippen molar-refractivity contribution in [2.24, 2.45) is 0 Å². The Hall–Kier alpha value is -1.14. The Labute approximate surface area is 130 Å². The molecule has 5 nitrogen and oxygen atoms in total. The Morgan fingerprint density at radius 1 is 1.40 bits per heavy atom. The van der Waals surface area contributed by atoms with Gasteiger partial charge in [0.15, 0.2) is 0 Å². The molecule has 0 radical (unpaired) electrons. The SMILES string of the molecule is O=C(NC1CCCCC1Br)c1ccc(Cl)cc1[N+](=O)[O-]. The molecule has 20 heavy (non-hydrogen) atoms. The van der Waals surface area contributed by atoms with E-state index in [1.807, 2.05) is 0 Å². The lowest BCUT2D eigenvalue weighted by molar-refractivity contribution is -0.385. The molecule has 0 aromatic heterocycles. The summed E-state index contributed by atoms with van der Waals surface area (Å²) in [5, 5.41) is 14.1. The van der Waals surface area contributed by atoms with Gasteiger partial charge in [-0.1, -0.05) is 40.4 Å². The van der Waals surface area contributed by atoms with E-state index in [2.05, 4.69) is 21.2 Å². The molecule has 2 unspecified atom stereocenters. The summed E-state index contributed by atoms with van der Waals surface area (Å²) in [5.41, 5.74) is -0.221. The maximum Gasteiger partial charge on any atom is 0.283 e. The van der Waals surface area contributed by atoms with E-state index in [9.17, 15) is 14.9 Å². The highest BCUT2D eigenvalue weighted by Gasteiger charge is 2.27. The summed E-state index contributed by atoms with van der Waals surface area (Å²) in [4.78, 5) is 22.8. The lowest BCUT2D eigenvalue weighted by Crippen LogP contribution is -2.42. The van der Waals surface area contributed by atoms with E-state index in [0.29, 0.717) is 0 Å². The van der Waals surface area contributed by atoms with Gasteiger partial charge in [-0.05, 0) is 25.0 Å². The zero-order valence-corrected chi connectivity index (χ0v) is 13.0. The molecular weight excluding hydrogens is 348 g/mol. The number of rotatable bonds is 3. The summed E-state index contributed by atoms with van der Waals surface area (Å²) >= 11 is 9.28. The summed E-state index contributed by atoms with van der Waals surface area (Å²) in [5.74, 6) is -0.426. The Kier molecular flexibility index (Phi) is 4.99. The smallest absolute Gasteiger partial charge is 0.283 e. The molecule has 1 aliphatic rings. The predicted octanol–water partition coefficient (Wildman–Crippen LogP) is 3.68. The first kappa shape index (κ1) is 15.3. The number of hydrogen-bond acceptors (Lipinski definition) is 3. The molecule has 1 aromatic rings. The molecule has 1 aliphatic carbocycles. The molecule has 0 spiro atoms. The first-order chi connectivity index (χ1) is 9.49. The van der Waals surface area contributed by atoms with Gasteiger partial charge in [-0.15, -0.1) is 0 Å². The van der Waals surface area contributed by atoms with Crippen LogP contribution in [0.25, 0.3) is 0 Å². The number of carbonyl (C=O) groups is 1. The van der Waals surface area contributed by atoms with E-state index < -0.39 is 10.8 Å². The van der Waals surface area contributed by atoms with Crippen molar-refractivity contribution in [1.82, 2.24) is 5.32 Å². The first-order valence-corrected chi connectivity index (χ1v) is 7.67. The van der Waals surface area contributed by atoms with Crippen LogP contribution in [0.1, 0.15) is 36.0 Å². The number of nitrogens with one attached hydrogen (secondary N) is 1. The quantitative estimate of drug-likeness (QED) is 0.507. The monoisotopic (exact) mass is 360 g/mol. The summed E-state index contributed by atoms with van der Waals surface area (Å²) < 4.78 is 0. The molecular formula is C13H14BrClN2O3. The minimum atomic E-state index is -0.590. The van der Waals surface area contributed by atoms with Gasteiger partial charge < -0.3 is 5.32 Å². The Morgan fingerprint density at radius 3 is 2.75 bits per heavy atom. The van der Waals surface area contributed by atoms with Gasteiger partial charge in [0.1, 0.15) is 5.56 Å². The van der Waals surface area contributed by atoms with Crippen molar-refractivity contribution in [2.45, 2.75) is 36.6 Å². The molecule has 0 aliphatic heterocycles. The largest absolute Gasteiger partial charge is 0.348 e. The van der Waals surface area contributed by atoms with Crippen LogP contribution in [0.2, 0.25) is 5.02 Å². The highest BCUT2D eigenvalue weighted by atomic mass is 79.9. The Morgan fingerprint density at radius 2 is 2.10 bits per heavy atom. The Bertz CT molecular complexity index is 538. The van der Waals surface area contributed by atoms with Crippen LogP contribution in [-0.2, 0) is 0 Å². The molecule has 1 N–H and O–H groups in total. The molecule has 7 heteroatoms. The predicted molar refractivity (Wildman–Crippen MR) is 80.5 cm³/mol. The lowest BCUT2D eigenvalue weighted by atomic mass is 9.95. The number of nitro groups is 1. The van der Waals surface area contributed by atoms with Crippen molar-refractivity contribution >= 4 is 39.1 Å². The van der Waals surface area contributed by atoms with Crippen LogP contribution < -0.4 is 5.32 Å². The van der Waals surface area contributed by atoms with E-state index in [1.165, 1.54) is 18.2 Å².